The van der Waals surface area contributed by atoms with Gasteiger partial charge in [0.1, 0.15) is 0 Å². The smallest absolute Gasteiger partial charge is 0.0607 e. The lowest BCUT2D eigenvalue weighted by molar-refractivity contribution is 0.873. The molecule has 2 heteroatoms. The second-order valence-corrected chi connectivity index (χ2v) is 5.83. The molecule has 0 bridgehead atoms. The molecule has 1 aromatic carbocycles. The molecule has 0 aliphatic heterocycles. The third kappa shape index (κ3) is 2.55. The summed E-state index contributed by atoms with van der Waals surface area (Å²) in [5, 5.41) is 3.58. The highest BCUT2D eigenvalue weighted by Crippen LogP contribution is 2.27. The first-order valence-corrected chi connectivity index (χ1v) is 7.46. The third-order valence-electron chi connectivity index (χ3n) is 4.22. The highest BCUT2D eigenvalue weighted by molar-refractivity contribution is 5.50. The Kier molecular flexibility index (Phi) is 3.47. The first kappa shape index (κ1) is 13.2. The molecule has 1 aromatic heterocycles. The van der Waals surface area contributed by atoms with Crippen molar-refractivity contribution >= 4 is 5.69 Å². The molecule has 1 unspecified atom stereocenters. The van der Waals surface area contributed by atoms with E-state index in [2.05, 4.69) is 54.5 Å². The lowest BCUT2D eigenvalue weighted by Crippen LogP contribution is -2.09. The number of nitrogens with zero attached hydrogens (tertiary/aromatic N) is 1. The fourth-order valence-electron chi connectivity index (χ4n) is 3.02. The Hall–Kier alpha value is -1.83. The van der Waals surface area contributed by atoms with Crippen LogP contribution in [0.5, 0.6) is 0 Å². The van der Waals surface area contributed by atoms with E-state index in [1.165, 1.54) is 36.0 Å². The van der Waals surface area contributed by atoms with Crippen molar-refractivity contribution < 1.29 is 0 Å². The summed E-state index contributed by atoms with van der Waals surface area (Å²) in [5.41, 5.74) is 7.70. The van der Waals surface area contributed by atoms with Crippen molar-refractivity contribution in [2.24, 2.45) is 0 Å². The summed E-state index contributed by atoms with van der Waals surface area (Å²) < 4.78 is 0. The number of pyridine rings is 1. The molecule has 0 saturated heterocycles. The second kappa shape index (κ2) is 5.28. The number of aromatic nitrogens is 1. The topological polar surface area (TPSA) is 24.9 Å². The van der Waals surface area contributed by atoms with Gasteiger partial charge in [-0.3, -0.25) is 4.98 Å². The van der Waals surface area contributed by atoms with Crippen molar-refractivity contribution in [3.63, 3.8) is 0 Å². The van der Waals surface area contributed by atoms with Gasteiger partial charge < -0.3 is 5.32 Å². The van der Waals surface area contributed by atoms with E-state index in [0.29, 0.717) is 6.04 Å². The van der Waals surface area contributed by atoms with Gasteiger partial charge in [0.25, 0.3) is 0 Å². The van der Waals surface area contributed by atoms with Crippen molar-refractivity contribution in [2.75, 3.05) is 5.32 Å². The molecule has 1 atom stereocenters. The van der Waals surface area contributed by atoms with E-state index in [-0.39, 0.29) is 0 Å². The monoisotopic (exact) mass is 266 g/mol. The average Bonchev–Trinajstić information content (AvgIpc) is 2.89. The van der Waals surface area contributed by atoms with Crippen LogP contribution in [0.2, 0.25) is 0 Å². The number of anilines is 1. The molecule has 2 aromatic rings. The maximum absolute atomic E-state index is 4.52. The summed E-state index contributed by atoms with van der Waals surface area (Å²) in [7, 11) is 0. The second-order valence-electron chi connectivity index (χ2n) is 5.83. The Morgan fingerprint density at radius 1 is 1.05 bits per heavy atom. The molecular weight excluding hydrogens is 244 g/mol. The summed E-state index contributed by atoms with van der Waals surface area (Å²) in [6.07, 6.45) is 3.79. The van der Waals surface area contributed by atoms with Crippen molar-refractivity contribution in [1.82, 2.24) is 4.98 Å². The standard InChI is InChI=1S/C18H22N2/c1-12-7-10-18(14(3)19-12)20-13(2)16-9-8-15-5-4-6-17(15)11-16/h7-11,13,20H,4-6H2,1-3H3. The van der Waals surface area contributed by atoms with Gasteiger partial charge in [-0.25, -0.2) is 0 Å². The summed E-state index contributed by atoms with van der Waals surface area (Å²) in [6.45, 7) is 6.31. The van der Waals surface area contributed by atoms with E-state index in [1.54, 1.807) is 0 Å². The zero-order valence-corrected chi connectivity index (χ0v) is 12.5. The first-order chi connectivity index (χ1) is 9.63. The summed E-state index contributed by atoms with van der Waals surface area (Å²) in [5.74, 6) is 0. The van der Waals surface area contributed by atoms with Crippen LogP contribution >= 0.6 is 0 Å². The highest BCUT2D eigenvalue weighted by atomic mass is 14.9. The van der Waals surface area contributed by atoms with Gasteiger partial charge in [0, 0.05) is 11.7 Å². The minimum atomic E-state index is 0.309. The lowest BCUT2D eigenvalue weighted by Gasteiger charge is -2.18. The molecule has 20 heavy (non-hydrogen) atoms. The number of hydrogen-bond acceptors (Lipinski definition) is 2. The van der Waals surface area contributed by atoms with Gasteiger partial charge >= 0.3 is 0 Å². The zero-order valence-electron chi connectivity index (χ0n) is 12.5. The number of aryl methyl sites for hydroxylation is 4. The van der Waals surface area contributed by atoms with Crippen molar-refractivity contribution in [3.8, 4) is 0 Å². The minimum Gasteiger partial charge on any atom is -0.377 e. The number of hydrogen-bond donors (Lipinski definition) is 1. The molecule has 104 valence electrons. The largest absolute Gasteiger partial charge is 0.377 e. The quantitative estimate of drug-likeness (QED) is 0.892. The molecule has 1 heterocycles. The summed E-state index contributed by atoms with van der Waals surface area (Å²) >= 11 is 0. The van der Waals surface area contributed by atoms with Gasteiger partial charge in [0.05, 0.1) is 11.4 Å². The maximum atomic E-state index is 4.52. The molecule has 1 N–H and O–H groups in total. The summed E-state index contributed by atoms with van der Waals surface area (Å²) in [6, 6.07) is 11.4. The lowest BCUT2D eigenvalue weighted by atomic mass is 10.0. The van der Waals surface area contributed by atoms with Crippen LogP contribution in [-0.2, 0) is 12.8 Å². The van der Waals surface area contributed by atoms with E-state index in [1.807, 2.05) is 6.92 Å². The molecule has 0 amide bonds. The highest BCUT2D eigenvalue weighted by Gasteiger charge is 2.14. The van der Waals surface area contributed by atoms with Crippen LogP contribution < -0.4 is 5.32 Å². The Morgan fingerprint density at radius 2 is 1.85 bits per heavy atom. The SMILES string of the molecule is Cc1ccc(NC(C)c2ccc3c(c2)CCC3)c(C)n1. The van der Waals surface area contributed by atoms with Crippen LogP contribution in [0.3, 0.4) is 0 Å². The fourth-order valence-corrected chi connectivity index (χ4v) is 3.02. The predicted molar refractivity (Wildman–Crippen MR) is 84.2 cm³/mol. The van der Waals surface area contributed by atoms with E-state index < -0.39 is 0 Å². The molecule has 0 fully saturated rings. The average molecular weight is 266 g/mol. The molecule has 0 saturated carbocycles. The van der Waals surface area contributed by atoms with Crippen LogP contribution in [0.1, 0.15) is 47.5 Å². The van der Waals surface area contributed by atoms with Crippen molar-refractivity contribution in [2.45, 2.75) is 46.1 Å². The number of nitrogens with one attached hydrogen (secondary N) is 1. The molecule has 1 aliphatic carbocycles. The van der Waals surface area contributed by atoms with E-state index in [9.17, 15) is 0 Å². The van der Waals surface area contributed by atoms with Crippen molar-refractivity contribution in [1.29, 1.82) is 0 Å². The van der Waals surface area contributed by atoms with Gasteiger partial charge in [-0.05, 0) is 68.9 Å². The number of benzene rings is 1. The Bertz CT molecular complexity index is 631. The van der Waals surface area contributed by atoms with Crippen LogP contribution in [0.15, 0.2) is 30.3 Å². The van der Waals surface area contributed by atoms with Gasteiger partial charge in [-0.2, -0.15) is 0 Å². The van der Waals surface area contributed by atoms with E-state index >= 15 is 0 Å². The number of rotatable bonds is 3. The van der Waals surface area contributed by atoms with Crippen LogP contribution in [0.25, 0.3) is 0 Å². The predicted octanol–water partition coefficient (Wildman–Crippen LogP) is 4.36. The third-order valence-corrected chi connectivity index (χ3v) is 4.22. The van der Waals surface area contributed by atoms with E-state index in [0.717, 1.165) is 17.1 Å². The minimum absolute atomic E-state index is 0.309. The molecule has 1 aliphatic rings. The zero-order chi connectivity index (χ0) is 14.1. The molecule has 2 nitrogen and oxygen atoms in total. The fraction of sp³-hybridized carbons (Fsp3) is 0.389. The van der Waals surface area contributed by atoms with Crippen LogP contribution in [-0.4, -0.2) is 4.98 Å². The Labute approximate surface area is 121 Å². The Morgan fingerprint density at radius 3 is 2.65 bits per heavy atom. The van der Waals surface area contributed by atoms with Gasteiger partial charge in [0.15, 0.2) is 0 Å². The summed E-state index contributed by atoms with van der Waals surface area (Å²) in [4.78, 5) is 4.52. The maximum Gasteiger partial charge on any atom is 0.0607 e. The Balaban J connectivity index is 1.80. The normalized spacial score (nSPS) is 14.9. The molecule has 3 rings (SSSR count). The molecule has 0 radical (unpaired) electrons. The molecule has 0 spiro atoms. The van der Waals surface area contributed by atoms with Gasteiger partial charge in [-0.1, -0.05) is 18.2 Å². The van der Waals surface area contributed by atoms with Crippen LogP contribution in [0, 0.1) is 13.8 Å². The van der Waals surface area contributed by atoms with Gasteiger partial charge in [0.2, 0.25) is 0 Å². The molecular formula is C18H22N2. The first-order valence-electron chi connectivity index (χ1n) is 7.46. The van der Waals surface area contributed by atoms with Crippen molar-refractivity contribution in [3.05, 3.63) is 58.4 Å². The van der Waals surface area contributed by atoms with Crippen LogP contribution in [0.4, 0.5) is 5.69 Å². The van der Waals surface area contributed by atoms with Gasteiger partial charge in [-0.15, -0.1) is 0 Å². The number of fused-ring (bicyclic) bond motifs is 1. The van der Waals surface area contributed by atoms with E-state index in [4.69, 9.17) is 0 Å².